The van der Waals surface area contributed by atoms with Crippen LogP contribution in [0.2, 0.25) is 5.02 Å². The van der Waals surface area contributed by atoms with E-state index in [2.05, 4.69) is 20.6 Å². The Hall–Kier alpha value is -3.64. The third kappa shape index (κ3) is 5.10. The Balaban J connectivity index is 1.49. The smallest absolute Gasteiger partial charge is 0.252 e. The fraction of sp³-hybridized carbons (Fsp3) is 0.125. The predicted octanol–water partition coefficient (Wildman–Crippen LogP) is 4.89. The van der Waals surface area contributed by atoms with E-state index in [9.17, 15) is 4.79 Å². The van der Waals surface area contributed by atoms with Crippen LogP contribution in [0.4, 0.5) is 17.6 Å². The van der Waals surface area contributed by atoms with Gasteiger partial charge in [-0.1, -0.05) is 60.1 Å². The number of hydrogen-bond acceptors (Lipinski definition) is 5. The summed E-state index contributed by atoms with van der Waals surface area (Å²) in [5, 5.41) is 7.20. The topological polar surface area (TPSA) is 71.8 Å². The maximum absolute atomic E-state index is 12.5. The number of hydrogen-bond donors (Lipinski definition) is 2. The minimum atomic E-state index is -0.101. The number of anilines is 3. The zero-order valence-electron chi connectivity index (χ0n) is 17.0. The van der Waals surface area contributed by atoms with Crippen molar-refractivity contribution in [3.63, 3.8) is 0 Å². The molecule has 6 nitrogen and oxygen atoms in total. The van der Waals surface area contributed by atoms with Gasteiger partial charge in [-0.05, 0) is 41.3 Å². The lowest BCUT2D eigenvalue weighted by atomic mass is 10.1. The molecule has 0 unspecified atom stereocenters. The summed E-state index contributed by atoms with van der Waals surface area (Å²) in [5.74, 6) is 1.74. The van der Waals surface area contributed by atoms with Gasteiger partial charge in [-0.3, -0.25) is 9.36 Å². The van der Waals surface area contributed by atoms with Crippen LogP contribution in [-0.4, -0.2) is 21.1 Å². The average molecular weight is 432 g/mol. The van der Waals surface area contributed by atoms with E-state index in [1.54, 1.807) is 29.9 Å². The Bertz CT molecular complexity index is 1240. The maximum Gasteiger partial charge on any atom is 0.252 e. The van der Waals surface area contributed by atoms with Gasteiger partial charge in [0.1, 0.15) is 11.6 Å². The van der Waals surface area contributed by atoms with Gasteiger partial charge in [-0.25, -0.2) is 4.98 Å². The third-order valence-electron chi connectivity index (χ3n) is 4.92. The SMILES string of the molecule is Cn1c(Nc2ccnc(NCCc3ccccc3Cl)n2)cc(-c2ccccc2)cc1=O. The lowest BCUT2D eigenvalue weighted by Crippen LogP contribution is -2.19. The molecule has 0 spiro atoms. The number of pyridine rings is 1. The first kappa shape index (κ1) is 20.6. The maximum atomic E-state index is 12.5. The Morgan fingerprint density at radius 3 is 2.55 bits per heavy atom. The van der Waals surface area contributed by atoms with Gasteiger partial charge < -0.3 is 10.6 Å². The highest BCUT2D eigenvalue weighted by Crippen LogP contribution is 2.22. The van der Waals surface area contributed by atoms with Crippen LogP contribution in [0.5, 0.6) is 0 Å². The van der Waals surface area contributed by atoms with Gasteiger partial charge in [0, 0.05) is 30.9 Å². The van der Waals surface area contributed by atoms with E-state index in [4.69, 9.17) is 11.6 Å². The summed E-state index contributed by atoms with van der Waals surface area (Å²) in [5.41, 5.74) is 2.79. The Kier molecular flexibility index (Phi) is 6.29. The fourth-order valence-corrected chi connectivity index (χ4v) is 3.44. The molecule has 0 amide bonds. The summed E-state index contributed by atoms with van der Waals surface area (Å²) in [6.45, 7) is 0.648. The first-order chi connectivity index (χ1) is 15.1. The van der Waals surface area contributed by atoms with Gasteiger partial charge >= 0.3 is 0 Å². The molecule has 0 aliphatic carbocycles. The molecular formula is C24H22ClN5O. The molecule has 4 aromatic rings. The Morgan fingerprint density at radius 2 is 1.74 bits per heavy atom. The van der Waals surface area contributed by atoms with Crippen LogP contribution in [-0.2, 0) is 13.5 Å². The molecule has 2 aromatic heterocycles. The minimum absolute atomic E-state index is 0.101. The van der Waals surface area contributed by atoms with Gasteiger partial charge in [0.2, 0.25) is 5.95 Å². The number of nitrogens with one attached hydrogen (secondary N) is 2. The third-order valence-corrected chi connectivity index (χ3v) is 5.29. The molecule has 0 bridgehead atoms. The number of nitrogens with zero attached hydrogens (tertiary/aromatic N) is 3. The van der Waals surface area contributed by atoms with Crippen molar-refractivity contribution in [2.75, 3.05) is 17.2 Å². The van der Waals surface area contributed by atoms with Crippen LogP contribution < -0.4 is 16.2 Å². The van der Waals surface area contributed by atoms with Crippen LogP contribution in [0.1, 0.15) is 5.56 Å². The van der Waals surface area contributed by atoms with Crippen molar-refractivity contribution in [3.8, 4) is 11.1 Å². The number of halogens is 1. The second kappa shape index (κ2) is 9.45. The van der Waals surface area contributed by atoms with Crippen LogP contribution >= 0.6 is 11.6 Å². The van der Waals surface area contributed by atoms with Crippen LogP contribution in [0.3, 0.4) is 0 Å². The van der Waals surface area contributed by atoms with Crippen molar-refractivity contribution in [1.82, 2.24) is 14.5 Å². The molecule has 2 N–H and O–H groups in total. The minimum Gasteiger partial charge on any atom is -0.354 e. The molecule has 0 aliphatic rings. The molecule has 0 aliphatic heterocycles. The van der Waals surface area contributed by atoms with Crippen molar-refractivity contribution >= 4 is 29.2 Å². The van der Waals surface area contributed by atoms with Gasteiger partial charge in [0.05, 0.1) is 0 Å². The molecular weight excluding hydrogens is 410 g/mol. The van der Waals surface area contributed by atoms with E-state index in [1.807, 2.05) is 60.7 Å². The van der Waals surface area contributed by atoms with Crippen LogP contribution in [0.25, 0.3) is 11.1 Å². The van der Waals surface area contributed by atoms with Crippen LogP contribution in [0.15, 0.2) is 83.8 Å². The van der Waals surface area contributed by atoms with Crippen molar-refractivity contribution in [1.29, 1.82) is 0 Å². The summed E-state index contributed by atoms with van der Waals surface area (Å²) in [4.78, 5) is 21.3. The fourth-order valence-electron chi connectivity index (χ4n) is 3.21. The molecule has 156 valence electrons. The quantitative estimate of drug-likeness (QED) is 0.435. The monoisotopic (exact) mass is 431 g/mol. The normalized spacial score (nSPS) is 10.6. The van der Waals surface area contributed by atoms with Gasteiger partial charge in [0.15, 0.2) is 0 Å². The molecule has 31 heavy (non-hydrogen) atoms. The zero-order chi connectivity index (χ0) is 21.6. The van der Waals surface area contributed by atoms with Crippen molar-refractivity contribution in [2.24, 2.45) is 7.05 Å². The first-order valence-electron chi connectivity index (χ1n) is 9.94. The second-order valence-electron chi connectivity index (χ2n) is 7.05. The molecule has 0 saturated heterocycles. The Morgan fingerprint density at radius 1 is 0.968 bits per heavy atom. The molecule has 0 radical (unpaired) electrons. The lowest BCUT2D eigenvalue weighted by Gasteiger charge is -2.13. The number of rotatable bonds is 7. The highest BCUT2D eigenvalue weighted by molar-refractivity contribution is 6.31. The molecule has 0 fully saturated rings. The largest absolute Gasteiger partial charge is 0.354 e. The summed E-state index contributed by atoms with van der Waals surface area (Å²) >= 11 is 6.21. The van der Waals surface area contributed by atoms with Crippen LogP contribution in [0, 0.1) is 0 Å². The van der Waals surface area contributed by atoms with Crippen molar-refractivity contribution < 1.29 is 0 Å². The molecule has 7 heteroatoms. The van der Waals surface area contributed by atoms with Crippen molar-refractivity contribution in [3.05, 3.63) is 99.9 Å². The molecule has 2 heterocycles. The van der Waals surface area contributed by atoms with E-state index in [0.29, 0.717) is 24.1 Å². The van der Waals surface area contributed by atoms with Crippen molar-refractivity contribution in [2.45, 2.75) is 6.42 Å². The zero-order valence-corrected chi connectivity index (χ0v) is 17.8. The molecule has 0 atom stereocenters. The summed E-state index contributed by atoms with van der Waals surface area (Å²) in [6, 6.07) is 22.9. The van der Waals surface area contributed by atoms with E-state index in [1.165, 1.54) is 0 Å². The molecule has 4 rings (SSSR count). The van der Waals surface area contributed by atoms with E-state index in [-0.39, 0.29) is 5.56 Å². The number of aromatic nitrogens is 3. The first-order valence-corrected chi connectivity index (χ1v) is 10.3. The summed E-state index contributed by atoms with van der Waals surface area (Å²) in [6.07, 6.45) is 2.43. The second-order valence-corrected chi connectivity index (χ2v) is 7.46. The average Bonchev–Trinajstić information content (AvgIpc) is 2.79. The molecule has 0 saturated carbocycles. The highest BCUT2D eigenvalue weighted by Gasteiger charge is 2.08. The summed E-state index contributed by atoms with van der Waals surface area (Å²) < 4.78 is 1.55. The lowest BCUT2D eigenvalue weighted by molar-refractivity contribution is 0.870. The predicted molar refractivity (Wildman–Crippen MR) is 126 cm³/mol. The van der Waals surface area contributed by atoms with E-state index < -0.39 is 0 Å². The molecule has 2 aromatic carbocycles. The van der Waals surface area contributed by atoms with Gasteiger partial charge in [-0.15, -0.1) is 0 Å². The van der Waals surface area contributed by atoms with E-state index >= 15 is 0 Å². The van der Waals surface area contributed by atoms with E-state index in [0.717, 1.165) is 28.1 Å². The van der Waals surface area contributed by atoms with Gasteiger partial charge in [0.25, 0.3) is 5.56 Å². The number of benzene rings is 2. The Labute approximate surface area is 185 Å². The standard InChI is InChI=1S/C24H22ClN5O/c1-30-22(15-19(16-23(30)31)17-7-3-2-4-8-17)28-21-12-14-27-24(29-21)26-13-11-18-9-5-6-10-20(18)25/h2-10,12,14-16H,11,13H2,1H3,(H2,26,27,28,29). The summed E-state index contributed by atoms with van der Waals surface area (Å²) in [7, 11) is 1.73. The van der Waals surface area contributed by atoms with Gasteiger partial charge in [-0.2, -0.15) is 4.98 Å². The highest BCUT2D eigenvalue weighted by atomic mass is 35.5.